The Bertz CT molecular complexity index is 141. The summed E-state index contributed by atoms with van der Waals surface area (Å²) in [6.07, 6.45) is 1.07. The van der Waals surface area contributed by atoms with Crippen LogP contribution in [0.25, 0.3) is 0 Å². The van der Waals surface area contributed by atoms with Crippen LogP contribution in [-0.4, -0.2) is 24.3 Å². The van der Waals surface area contributed by atoms with E-state index in [1.165, 1.54) is 0 Å². The van der Waals surface area contributed by atoms with Crippen LogP contribution >= 0.6 is 0 Å². The summed E-state index contributed by atoms with van der Waals surface area (Å²) in [5.41, 5.74) is 0. The number of rotatable bonds is 0. The van der Waals surface area contributed by atoms with Gasteiger partial charge in [0, 0.05) is 0 Å². The van der Waals surface area contributed by atoms with Gasteiger partial charge >= 0.3 is 0 Å². The third kappa shape index (κ3) is 1.69. The summed E-state index contributed by atoms with van der Waals surface area (Å²) in [7, 11) is 0. The summed E-state index contributed by atoms with van der Waals surface area (Å²) in [5, 5.41) is 21.0. The fourth-order valence-electron chi connectivity index (χ4n) is 1.18. The highest BCUT2D eigenvalue weighted by Crippen LogP contribution is 2.12. The highest BCUT2D eigenvalue weighted by molar-refractivity contribution is 4.90. The average molecular weight is 140 g/mol. The van der Waals surface area contributed by atoms with Gasteiger partial charge in [-0.3, -0.25) is 0 Å². The Kier molecular flexibility index (Phi) is 2.67. The number of nitrogens with zero attached hydrogens (tertiary/aromatic N) is 1. The minimum Gasteiger partial charge on any atom is -0.392 e. The Morgan fingerprint density at radius 3 is 2.80 bits per heavy atom. The number of nitrogens with one attached hydrogen (secondary N) is 1. The van der Waals surface area contributed by atoms with Crippen LogP contribution in [0, 0.1) is 17.2 Å². The summed E-state index contributed by atoms with van der Waals surface area (Å²) in [5.74, 6) is -0.157. The van der Waals surface area contributed by atoms with Gasteiger partial charge in [-0.05, 0) is 25.9 Å². The van der Waals surface area contributed by atoms with E-state index >= 15 is 0 Å². The van der Waals surface area contributed by atoms with E-state index in [0.29, 0.717) is 6.42 Å². The second-order valence-corrected chi connectivity index (χ2v) is 2.63. The molecule has 0 aromatic heterocycles. The molecule has 3 nitrogen and oxygen atoms in total. The quantitative estimate of drug-likeness (QED) is 0.493. The number of hydrogen-bond acceptors (Lipinski definition) is 3. The maximum atomic E-state index is 9.29. The van der Waals surface area contributed by atoms with Crippen molar-refractivity contribution in [2.24, 2.45) is 5.92 Å². The van der Waals surface area contributed by atoms with Crippen LogP contribution in [0.2, 0.25) is 0 Å². The van der Waals surface area contributed by atoms with Crippen molar-refractivity contribution in [1.29, 1.82) is 5.26 Å². The molecule has 1 fully saturated rings. The molecule has 56 valence electrons. The number of nitriles is 1. The first kappa shape index (κ1) is 7.52. The molecule has 0 radical (unpaired) electrons. The number of aliphatic hydroxyl groups is 1. The Balaban J connectivity index is 2.45. The number of aliphatic hydroxyl groups excluding tert-OH is 1. The molecule has 0 unspecified atom stereocenters. The Labute approximate surface area is 60.7 Å². The highest BCUT2D eigenvalue weighted by atomic mass is 16.3. The molecule has 0 aliphatic carbocycles. The first-order valence-electron chi connectivity index (χ1n) is 3.63. The lowest BCUT2D eigenvalue weighted by atomic mass is 10.00. The van der Waals surface area contributed by atoms with Crippen molar-refractivity contribution in [3.8, 4) is 6.07 Å². The normalized spacial score (nSPS) is 34.4. The van der Waals surface area contributed by atoms with Crippen LogP contribution in [0.5, 0.6) is 0 Å². The summed E-state index contributed by atoms with van der Waals surface area (Å²) >= 11 is 0. The van der Waals surface area contributed by atoms with Crippen LogP contribution in [-0.2, 0) is 0 Å². The van der Waals surface area contributed by atoms with E-state index in [9.17, 15) is 5.11 Å². The van der Waals surface area contributed by atoms with Gasteiger partial charge in [0.2, 0.25) is 0 Å². The molecule has 3 heteroatoms. The fraction of sp³-hybridized carbons (Fsp3) is 0.857. The van der Waals surface area contributed by atoms with E-state index in [2.05, 4.69) is 11.4 Å². The second kappa shape index (κ2) is 3.55. The maximum absolute atomic E-state index is 9.29. The lowest BCUT2D eigenvalue weighted by Gasteiger charge is -2.10. The Morgan fingerprint density at radius 1 is 1.40 bits per heavy atom. The van der Waals surface area contributed by atoms with Crippen LogP contribution in [0.3, 0.4) is 0 Å². The van der Waals surface area contributed by atoms with Gasteiger partial charge in [0.25, 0.3) is 0 Å². The van der Waals surface area contributed by atoms with Crippen LogP contribution in [0.15, 0.2) is 0 Å². The van der Waals surface area contributed by atoms with E-state index in [-0.39, 0.29) is 5.92 Å². The largest absolute Gasteiger partial charge is 0.392 e. The zero-order valence-corrected chi connectivity index (χ0v) is 5.88. The van der Waals surface area contributed by atoms with Crippen molar-refractivity contribution in [3.63, 3.8) is 0 Å². The molecule has 0 aromatic rings. The van der Waals surface area contributed by atoms with Gasteiger partial charge in [0.05, 0.1) is 18.1 Å². The molecule has 0 amide bonds. The molecule has 10 heavy (non-hydrogen) atoms. The smallest absolute Gasteiger partial charge is 0.0735 e. The van der Waals surface area contributed by atoms with Crippen molar-refractivity contribution in [1.82, 2.24) is 5.32 Å². The SMILES string of the molecule is N#C[C@H]1CCNCC[C@H]1O. The van der Waals surface area contributed by atoms with Gasteiger partial charge in [0.1, 0.15) is 0 Å². The van der Waals surface area contributed by atoms with Crippen molar-refractivity contribution in [2.45, 2.75) is 18.9 Å². The second-order valence-electron chi connectivity index (χ2n) is 2.63. The molecule has 0 saturated carbocycles. The summed E-state index contributed by atoms with van der Waals surface area (Å²) in [6, 6.07) is 2.10. The molecule has 1 heterocycles. The maximum Gasteiger partial charge on any atom is 0.0735 e. The predicted octanol–water partition coefficient (Wildman–Crippen LogP) is -0.130. The molecule has 2 atom stereocenters. The predicted molar refractivity (Wildman–Crippen MR) is 37.2 cm³/mol. The van der Waals surface area contributed by atoms with Crippen molar-refractivity contribution in [2.75, 3.05) is 13.1 Å². The van der Waals surface area contributed by atoms with E-state index in [1.54, 1.807) is 0 Å². The molecule has 0 spiro atoms. The van der Waals surface area contributed by atoms with E-state index < -0.39 is 6.10 Å². The highest BCUT2D eigenvalue weighted by Gasteiger charge is 2.20. The van der Waals surface area contributed by atoms with E-state index in [1.807, 2.05) is 0 Å². The monoisotopic (exact) mass is 140 g/mol. The van der Waals surface area contributed by atoms with Gasteiger partial charge in [-0.1, -0.05) is 0 Å². The molecule has 0 aromatic carbocycles. The van der Waals surface area contributed by atoms with Gasteiger partial charge < -0.3 is 10.4 Å². The number of hydrogen-bond donors (Lipinski definition) is 2. The minimum atomic E-state index is -0.417. The van der Waals surface area contributed by atoms with Gasteiger partial charge in [-0.15, -0.1) is 0 Å². The standard InChI is InChI=1S/C7H12N2O/c8-5-6-1-3-9-4-2-7(6)10/h6-7,9-10H,1-4H2/t6-,7-/m1/s1. The molecule has 1 saturated heterocycles. The van der Waals surface area contributed by atoms with Crippen LogP contribution < -0.4 is 5.32 Å². The molecule has 1 aliphatic heterocycles. The Hall–Kier alpha value is -0.590. The summed E-state index contributed by atoms with van der Waals surface area (Å²) in [4.78, 5) is 0. The fourth-order valence-corrected chi connectivity index (χ4v) is 1.18. The topological polar surface area (TPSA) is 56.0 Å². The lowest BCUT2D eigenvalue weighted by molar-refractivity contribution is 0.130. The zero-order valence-electron chi connectivity index (χ0n) is 5.88. The van der Waals surface area contributed by atoms with Crippen molar-refractivity contribution >= 4 is 0 Å². The molecule has 1 aliphatic rings. The van der Waals surface area contributed by atoms with Crippen molar-refractivity contribution < 1.29 is 5.11 Å². The first-order valence-corrected chi connectivity index (χ1v) is 3.63. The van der Waals surface area contributed by atoms with E-state index in [4.69, 9.17) is 5.26 Å². The molecular formula is C7H12N2O. The molecular weight excluding hydrogens is 128 g/mol. The van der Waals surface area contributed by atoms with Gasteiger partial charge in [-0.2, -0.15) is 5.26 Å². The minimum absolute atomic E-state index is 0.157. The third-order valence-electron chi connectivity index (χ3n) is 1.88. The average Bonchev–Trinajstić information content (AvgIpc) is 2.13. The summed E-state index contributed by atoms with van der Waals surface area (Å²) < 4.78 is 0. The molecule has 0 bridgehead atoms. The third-order valence-corrected chi connectivity index (χ3v) is 1.88. The lowest BCUT2D eigenvalue weighted by Crippen LogP contribution is -2.18. The molecule has 2 N–H and O–H groups in total. The summed E-state index contributed by atoms with van der Waals surface area (Å²) in [6.45, 7) is 1.69. The van der Waals surface area contributed by atoms with Crippen molar-refractivity contribution in [3.05, 3.63) is 0 Å². The van der Waals surface area contributed by atoms with Gasteiger partial charge in [-0.25, -0.2) is 0 Å². The first-order chi connectivity index (χ1) is 4.84. The molecule has 1 rings (SSSR count). The van der Waals surface area contributed by atoms with Crippen LogP contribution in [0.4, 0.5) is 0 Å². The van der Waals surface area contributed by atoms with Crippen LogP contribution in [0.1, 0.15) is 12.8 Å². The van der Waals surface area contributed by atoms with Gasteiger partial charge in [0.15, 0.2) is 0 Å². The zero-order chi connectivity index (χ0) is 7.40. The van der Waals surface area contributed by atoms with E-state index in [0.717, 1.165) is 19.5 Å². The Morgan fingerprint density at radius 2 is 2.10 bits per heavy atom.